The van der Waals surface area contributed by atoms with Crippen molar-refractivity contribution in [1.82, 2.24) is 0 Å². The Morgan fingerprint density at radius 1 is 1.38 bits per heavy atom. The number of hydrogen-bond donors (Lipinski definition) is 2. The molecular weight excluding hydrogens is 198 g/mol. The molecule has 3 N–H and O–H groups in total. The average Bonchev–Trinajstić information content (AvgIpc) is 2.16. The van der Waals surface area contributed by atoms with Gasteiger partial charge < -0.3 is 10.8 Å². The monoisotopic (exact) mass is 227 g/mol. The van der Waals surface area contributed by atoms with E-state index in [0.717, 1.165) is 6.42 Å². The molecule has 0 aromatic heterocycles. The molecule has 1 saturated carbocycles. The number of aliphatic hydroxyl groups is 1. The standard InChI is InChI=1S/C14H29NO/c1-11(2)12-7-5-6-8-14(12,9-10-16)13(3,4)15/h11-12,16H,5-10,15H2,1-4H3. The Balaban J connectivity index is 3.03. The quantitative estimate of drug-likeness (QED) is 0.775. The number of aliphatic hydroxyl groups excluding tert-OH is 1. The van der Waals surface area contributed by atoms with Crippen molar-refractivity contribution in [3.8, 4) is 0 Å². The summed E-state index contributed by atoms with van der Waals surface area (Å²) in [7, 11) is 0. The second kappa shape index (κ2) is 5.05. The lowest BCUT2D eigenvalue weighted by Crippen LogP contribution is -2.57. The van der Waals surface area contributed by atoms with Crippen LogP contribution in [0.15, 0.2) is 0 Å². The van der Waals surface area contributed by atoms with E-state index in [1.165, 1.54) is 25.7 Å². The van der Waals surface area contributed by atoms with Crippen LogP contribution in [0, 0.1) is 17.3 Å². The van der Waals surface area contributed by atoms with Crippen molar-refractivity contribution in [3.63, 3.8) is 0 Å². The maximum Gasteiger partial charge on any atom is 0.0437 e. The van der Waals surface area contributed by atoms with Gasteiger partial charge in [-0.1, -0.05) is 26.7 Å². The van der Waals surface area contributed by atoms with E-state index in [1.807, 2.05) is 0 Å². The number of nitrogens with two attached hydrogens (primary N) is 1. The van der Waals surface area contributed by atoms with Gasteiger partial charge in [-0.3, -0.25) is 0 Å². The molecule has 2 nitrogen and oxygen atoms in total. The summed E-state index contributed by atoms with van der Waals surface area (Å²) < 4.78 is 0. The SMILES string of the molecule is CC(C)C1CCCCC1(CCO)C(C)(C)N. The molecule has 0 saturated heterocycles. The predicted molar refractivity (Wildman–Crippen MR) is 69.2 cm³/mol. The van der Waals surface area contributed by atoms with Gasteiger partial charge in [-0.15, -0.1) is 0 Å². The number of hydrogen-bond acceptors (Lipinski definition) is 2. The normalized spacial score (nSPS) is 32.1. The molecule has 0 bridgehead atoms. The first kappa shape index (κ1) is 14.0. The lowest BCUT2D eigenvalue weighted by Gasteiger charge is -2.54. The zero-order chi connectivity index (χ0) is 12.4. The zero-order valence-corrected chi connectivity index (χ0v) is 11.4. The van der Waals surface area contributed by atoms with Crippen LogP contribution in [0.2, 0.25) is 0 Å². The Kier molecular flexibility index (Phi) is 4.42. The molecule has 0 spiro atoms. The van der Waals surface area contributed by atoms with E-state index in [2.05, 4.69) is 27.7 Å². The van der Waals surface area contributed by atoms with Crippen molar-refractivity contribution in [1.29, 1.82) is 0 Å². The second-order valence-corrected chi connectivity index (χ2v) is 6.45. The fourth-order valence-electron chi connectivity index (χ4n) is 3.87. The van der Waals surface area contributed by atoms with Crippen molar-refractivity contribution in [2.75, 3.05) is 6.61 Å². The van der Waals surface area contributed by atoms with E-state index in [-0.39, 0.29) is 17.6 Å². The Labute approximate surface area is 101 Å². The molecule has 96 valence electrons. The second-order valence-electron chi connectivity index (χ2n) is 6.45. The molecule has 1 rings (SSSR count). The van der Waals surface area contributed by atoms with Gasteiger partial charge in [0.2, 0.25) is 0 Å². The Hall–Kier alpha value is -0.0800. The first-order valence-corrected chi connectivity index (χ1v) is 6.75. The van der Waals surface area contributed by atoms with E-state index in [1.54, 1.807) is 0 Å². The molecule has 16 heavy (non-hydrogen) atoms. The summed E-state index contributed by atoms with van der Waals surface area (Å²) in [6.07, 6.45) is 5.91. The molecule has 0 amide bonds. The highest BCUT2D eigenvalue weighted by molar-refractivity contribution is 5.03. The van der Waals surface area contributed by atoms with E-state index < -0.39 is 0 Å². The minimum atomic E-state index is -0.189. The first-order valence-electron chi connectivity index (χ1n) is 6.75. The van der Waals surface area contributed by atoms with Crippen LogP contribution >= 0.6 is 0 Å². The van der Waals surface area contributed by atoms with Crippen molar-refractivity contribution >= 4 is 0 Å². The van der Waals surface area contributed by atoms with Gasteiger partial charge in [0.15, 0.2) is 0 Å². The predicted octanol–water partition coefficient (Wildman–Crippen LogP) is 2.94. The summed E-state index contributed by atoms with van der Waals surface area (Å²) >= 11 is 0. The van der Waals surface area contributed by atoms with Crippen LogP contribution in [-0.4, -0.2) is 17.3 Å². The fraction of sp³-hybridized carbons (Fsp3) is 1.00. The van der Waals surface area contributed by atoms with Gasteiger partial charge in [-0.05, 0) is 50.4 Å². The lowest BCUT2D eigenvalue weighted by atomic mass is 9.53. The summed E-state index contributed by atoms with van der Waals surface area (Å²) in [5.74, 6) is 1.32. The minimum Gasteiger partial charge on any atom is -0.396 e. The molecule has 0 aliphatic heterocycles. The zero-order valence-electron chi connectivity index (χ0n) is 11.4. The van der Waals surface area contributed by atoms with Gasteiger partial charge in [0.1, 0.15) is 0 Å². The largest absolute Gasteiger partial charge is 0.396 e. The van der Waals surface area contributed by atoms with Crippen LogP contribution in [0.1, 0.15) is 59.8 Å². The molecule has 0 aromatic carbocycles. The van der Waals surface area contributed by atoms with Gasteiger partial charge in [0.25, 0.3) is 0 Å². The molecule has 0 aromatic rings. The summed E-state index contributed by atoms with van der Waals surface area (Å²) in [6.45, 7) is 9.15. The van der Waals surface area contributed by atoms with Gasteiger partial charge in [0, 0.05) is 12.1 Å². The first-order chi connectivity index (χ1) is 7.35. The van der Waals surface area contributed by atoms with E-state index in [0.29, 0.717) is 11.8 Å². The summed E-state index contributed by atoms with van der Waals surface area (Å²) in [5, 5.41) is 9.39. The van der Waals surface area contributed by atoms with Crippen LogP contribution in [0.3, 0.4) is 0 Å². The van der Waals surface area contributed by atoms with E-state index >= 15 is 0 Å². The van der Waals surface area contributed by atoms with Crippen molar-refractivity contribution < 1.29 is 5.11 Å². The van der Waals surface area contributed by atoms with Crippen LogP contribution in [-0.2, 0) is 0 Å². The van der Waals surface area contributed by atoms with Crippen molar-refractivity contribution in [3.05, 3.63) is 0 Å². The molecule has 2 atom stereocenters. The maximum absolute atomic E-state index is 9.39. The minimum absolute atomic E-state index is 0.133. The van der Waals surface area contributed by atoms with Crippen LogP contribution in [0.4, 0.5) is 0 Å². The highest BCUT2D eigenvalue weighted by Gasteiger charge is 2.49. The molecule has 0 heterocycles. The van der Waals surface area contributed by atoms with Crippen molar-refractivity contribution in [2.24, 2.45) is 23.0 Å². The van der Waals surface area contributed by atoms with E-state index in [9.17, 15) is 5.11 Å². The van der Waals surface area contributed by atoms with Crippen LogP contribution in [0.5, 0.6) is 0 Å². The summed E-state index contributed by atoms with van der Waals surface area (Å²) in [4.78, 5) is 0. The number of rotatable bonds is 4. The molecule has 0 radical (unpaired) electrons. The maximum atomic E-state index is 9.39. The summed E-state index contributed by atoms with van der Waals surface area (Å²) in [5.41, 5.74) is 6.39. The third-order valence-electron chi connectivity index (χ3n) is 4.74. The molecule has 1 aliphatic rings. The molecule has 2 heteroatoms. The third-order valence-corrected chi connectivity index (χ3v) is 4.74. The molecule has 1 fully saturated rings. The molecule has 2 unspecified atom stereocenters. The van der Waals surface area contributed by atoms with Gasteiger partial charge in [-0.2, -0.15) is 0 Å². The Morgan fingerprint density at radius 2 is 2.00 bits per heavy atom. The van der Waals surface area contributed by atoms with Crippen LogP contribution in [0.25, 0.3) is 0 Å². The third kappa shape index (κ3) is 2.43. The van der Waals surface area contributed by atoms with Gasteiger partial charge >= 0.3 is 0 Å². The lowest BCUT2D eigenvalue weighted by molar-refractivity contribution is -0.0258. The topological polar surface area (TPSA) is 46.2 Å². The van der Waals surface area contributed by atoms with Gasteiger partial charge in [0.05, 0.1) is 0 Å². The Morgan fingerprint density at radius 3 is 2.44 bits per heavy atom. The molecule has 1 aliphatic carbocycles. The van der Waals surface area contributed by atoms with Crippen LogP contribution < -0.4 is 5.73 Å². The highest BCUT2D eigenvalue weighted by atomic mass is 16.3. The average molecular weight is 227 g/mol. The molecular formula is C14H29NO. The smallest absolute Gasteiger partial charge is 0.0437 e. The highest BCUT2D eigenvalue weighted by Crippen LogP contribution is 2.52. The van der Waals surface area contributed by atoms with Crippen molar-refractivity contribution in [2.45, 2.75) is 65.3 Å². The van der Waals surface area contributed by atoms with E-state index in [4.69, 9.17) is 5.73 Å². The Bertz CT molecular complexity index is 215. The summed E-state index contributed by atoms with van der Waals surface area (Å²) in [6, 6.07) is 0. The fourth-order valence-corrected chi connectivity index (χ4v) is 3.87. The van der Waals surface area contributed by atoms with Gasteiger partial charge in [-0.25, -0.2) is 0 Å².